The molecular weight excluding hydrogens is 218 g/mol. The van der Waals surface area contributed by atoms with E-state index in [1.165, 1.54) is 29.7 Å². The van der Waals surface area contributed by atoms with E-state index in [0.29, 0.717) is 0 Å². The van der Waals surface area contributed by atoms with E-state index in [2.05, 4.69) is 50.8 Å². The van der Waals surface area contributed by atoms with E-state index < -0.39 is 0 Å². The van der Waals surface area contributed by atoms with Crippen LogP contribution >= 0.6 is 0 Å². The van der Waals surface area contributed by atoms with Gasteiger partial charge in [0.25, 0.3) is 0 Å². The first kappa shape index (κ1) is 17.2. The summed E-state index contributed by atoms with van der Waals surface area (Å²) >= 11 is 0. The van der Waals surface area contributed by atoms with E-state index in [4.69, 9.17) is 0 Å². The third-order valence-electron chi connectivity index (χ3n) is 3.19. The van der Waals surface area contributed by atoms with Gasteiger partial charge in [-0.15, -0.1) is 0 Å². The summed E-state index contributed by atoms with van der Waals surface area (Å²) < 4.78 is 0. The molecule has 0 amide bonds. The number of nitrogens with zero attached hydrogens (tertiary/aromatic N) is 1. The van der Waals surface area contributed by atoms with E-state index in [-0.39, 0.29) is 0 Å². The van der Waals surface area contributed by atoms with Crippen molar-refractivity contribution in [3.63, 3.8) is 0 Å². The highest BCUT2D eigenvalue weighted by Gasteiger charge is 2.04. The molecule has 0 N–H and O–H groups in total. The Kier molecular flexibility index (Phi) is 9.67. The third-order valence-corrected chi connectivity index (χ3v) is 3.19. The summed E-state index contributed by atoms with van der Waals surface area (Å²) in [5, 5.41) is 0. The molecule has 0 unspecified atom stereocenters. The molecule has 0 bridgehead atoms. The van der Waals surface area contributed by atoms with Crippen LogP contribution in [0.3, 0.4) is 0 Å². The molecule has 1 aromatic carbocycles. The van der Waals surface area contributed by atoms with Gasteiger partial charge in [0.2, 0.25) is 0 Å². The maximum Gasteiger partial charge on any atom is 0.0233 e. The summed E-state index contributed by atoms with van der Waals surface area (Å²) in [7, 11) is 0. The van der Waals surface area contributed by atoms with Crippen LogP contribution in [-0.4, -0.2) is 18.0 Å². The molecule has 0 atom stereocenters. The number of aryl methyl sites for hydroxylation is 2. The van der Waals surface area contributed by atoms with Gasteiger partial charge in [0.05, 0.1) is 0 Å². The van der Waals surface area contributed by atoms with Gasteiger partial charge < -0.3 is 0 Å². The molecule has 0 spiro atoms. The molecule has 0 aliphatic rings. The lowest BCUT2D eigenvalue weighted by Gasteiger charge is -2.20. The monoisotopic (exact) mass is 249 g/mol. The zero-order chi connectivity index (χ0) is 14.0. The minimum absolute atomic E-state index is 1.09. The number of hydrogen-bond donors (Lipinski definition) is 0. The van der Waals surface area contributed by atoms with Crippen molar-refractivity contribution < 1.29 is 0 Å². The summed E-state index contributed by atoms with van der Waals surface area (Å²) in [6.07, 6.45) is 2.37. The van der Waals surface area contributed by atoms with E-state index in [9.17, 15) is 0 Å². The van der Waals surface area contributed by atoms with Crippen molar-refractivity contribution in [2.75, 3.05) is 13.1 Å². The van der Waals surface area contributed by atoms with E-state index >= 15 is 0 Å². The Morgan fingerprint density at radius 1 is 1.06 bits per heavy atom. The summed E-state index contributed by atoms with van der Waals surface area (Å²) in [4.78, 5) is 2.50. The predicted octanol–water partition coefficient (Wildman–Crippen LogP) is 4.82. The summed E-state index contributed by atoms with van der Waals surface area (Å²) in [6.45, 7) is 16.4. The highest BCUT2D eigenvalue weighted by Crippen LogP contribution is 2.13. The lowest BCUT2D eigenvalue weighted by Crippen LogP contribution is -2.23. The van der Waals surface area contributed by atoms with Gasteiger partial charge in [-0.1, -0.05) is 52.8 Å². The minimum Gasteiger partial charge on any atom is -0.299 e. The molecule has 1 nitrogen and oxygen atoms in total. The molecular formula is C17H31N. The molecule has 1 heteroatoms. The van der Waals surface area contributed by atoms with Gasteiger partial charge in [-0.25, -0.2) is 0 Å². The van der Waals surface area contributed by atoms with Gasteiger partial charge in [-0.2, -0.15) is 0 Å². The van der Waals surface area contributed by atoms with E-state index in [1.54, 1.807) is 0 Å². The Bertz CT molecular complexity index is 317. The molecule has 18 heavy (non-hydrogen) atoms. The first-order valence-electron chi connectivity index (χ1n) is 7.52. The lowest BCUT2D eigenvalue weighted by molar-refractivity contribution is 0.280. The standard InChI is InChI=1S/C15H25N.C2H6/c1-5-10-16(7-3)12-14-9-8-13(4)15(6-2)11-14;1-2/h8-9,11H,5-7,10,12H2,1-4H3;1-2H3. The average Bonchev–Trinajstić information content (AvgIpc) is 2.42. The Labute approximate surface area is 114 Å². The summed E-state index contributed by atoms with van der Waals surface area (Å²) in [5.74, 6) is 0. The minimum atomic E-state index is 1.09. The second-order valence-electron chi connectivity index (χ2n) is 4.48. The van der Waals surface area contributed by atoms with Crippen molar-refractivity contribution in [1.82, 2.24) is 4.90 Å². The zero-order valence-corrected chi connectivity index (χ0v) is 13.2. The predicted molar refractivity (Wildman–Crippen MR) is 83.1 cm³/mol. The molecule has 104 valence electrons. The zero-order valence-electron chi connectivity index (χ0n) is 13.2. The van der Waals surface area contributed by atoms with Crippen LogP contribution in [0.2, 0.25) is 0 Å². The number of benzene rings is 1. The number of rotatable bonds is 6. The Hall–Kier alpha value is -0.820. The number of hydrogen-bond acceptors (Lipinski definition) is 1. The first-order valence-corrected chi connectivity index (χ1v) is 7.52. The fourth-order valence-corrected chi connectivity index (χ4v) is 2.13. The van der Waals surface area contributed by atoms with Crippen LogP contribution in [-0.2, 0) is 13.0 Å². The van der Waals surface area contributed by atoms with Gasteiger partial charge in [0.15, 0.2) is 0 Å². The molecule has 0 saturated carbocycles. The van der Waals surface area contributed by atoms with E-state index in [1.807, 2.05) is 13.8 Å². The molecule has 0 radical (unpaired) electrons. The second kappa shape index (κ2) is 10.1. The third kappa shape index (κ3) is 5.68. The topological polar surface area (TPSA) is 3.24 Å². The molecule has 0 aliphatic heterocycles. The fraction of sp³-hybridized carbons (Fsp3) is 0.647. The second-order valence-corrected chi connectivity index (χ2v) is 4.48. The largest absolute Gasteiger partial charge is 0.299 e. The maximum atomic E-state index is 2.50. The van der Waals surface area contributed by atoms with Gasteiger partial charge in [0, 0.05) is 6.54 Å². The van der Waals surface area contributed by atoms with Gasteiger partial charge >= 0.3 is 0 Å². The molecule has 0 heterocycles. The van der Waals surface area contributed by atoms with Crippen molar-refractivity contribution in [1.29, 1.82) is 0 Å². The van der Waals surface area contributed by atoms with Crippen molar-refractivity contribution in [3.05, 3.63) is 34.9 Å². The van der Waals surface area contributed by atoms with Crippen LogP contribution in [0.4, 0.5) is 0 Å². The van der Waals surface area contributed by atoms with Crippen LogP contribution in [0.1, 0.15) is 57.7 Å². The Morgan fingerprint density at radius 2 is 1.72 bits per heavy atom. The molecule has 1 aromatic rings. The van der Waals surface area contributed by atoms with Crippen LogP contribution in [0.5, 0.6) is 0 Å². The normalized spacial score (nSPS) is 10.2. The van der Waals surface area contributed by atoms with Crippen LogP contribution < -0.4 is 0 Å². The quantitative estimate of drug-likeness (QED) is 0.699. The highest BCUT2D eigenvalue weighted by atomic mass is 15.1. The average molecular weight is 249 g/mol. The van der Waals surface area contributed by atoms with Gasteiger partial charge in [-0.05, 0) is 49.5 Å². The SMILES string of the molecule is CC.CCCN(CC)Cc1ccc(C)c(CC)c1. The maximum absolute atomic E-state index is 2.50. The Morgan fingerprint density at radius 3 is 2.22 bits per heavy atom. The van der Waals surface area contributed by atoms with Crippen molar-refractivity contribution >= 4 is 0 Å². The van der Waals surface area contributed by atoms with Crippen molar-refractivity contribution in [2.45, 2.75) is 60.9 Å². The smallest absolute Gasteiger partial charge is 0.0233 e. The first-order chi connectivity index (χ1) is 8.71. The summed E-state index contributed by atoms with van der Waals surface area (Å²) in [6, 6.07) is 6.90. The van der Waals surface area contributed by atoms with Crippen LogP contribution in [0.25, 0.3) is 0 Å². The summed E-state index contributed by atoms with van der Waals surface area (Å²) in [5.41, 5.74) is 4.37. The fourth-order valence-electron chi connectivity index (χ4n) is 2.13. The van der Waals surface area contributed by atoms with Crippen molar-refractivity contribution in [2.24, 2.45) is 0 Å². The highest BCUT2D eigenvalue weighted by molar-refractivity contribution is 5.31. The molecule has 0 saturated heterocycles. The molecule has 0 aliphatic carbocycles. The van der Waals surface area contributed by atoms with Crippen LogP contribution in [0.15, 0.2) is 18.2 Å². The molecule has 1 rings (SSSR count). The Balaban J connectivity index is 0.00000137. The lowest BCUT2D eigenvalue weighted by atomic mass is 10.0. The molecule has 0 fully saturated rings. The van der Waals surface area contributed by atoms with Crippen LogP contribution in [0, 0.1) is 6.92 Å². The van der Waals surface area contributed by atoms with Gasteiger partial charge in [0.1, 0.15) is 0 Å². The molecule has 0 aromatic heterocycles. The van der Waals surface area contributed by atoms with Crippen molar-refractivity contribution in [3.8, 4) is 0 Å². The van der Waals surface area contributed by atoms with E-state index in [0.717, 1.165) is 19.5 Å². The van der Waals surface area contributed by atoms with Gasteiger partial charge in [-0.3, -0.25) is 4.90 Å².